The van der Waals surface area contributed by atoms with Crippen LogP contribution in [0.3, 0.4) is 0 Å². The van der Waals surface area contributed by atoms with Crippen molar-refractivity contribution in [2.24, 2.45) is 23.5 Å². The first-order chi connectivity index (χ1) is 11.3. The van der Waals surface area contributed by atoms with E-state index in [-0.39, 0.29) is 41.6 Å². The van der Waals surface area contributed by atoms with Gasteiger partial charge in [0.25, 0.3) is 0 Å². The Morgan fingerprint density at radius 3 is 2.62 bits per heavy atom. The van der Waals surface area contributed by atoms with Crippen molar-refractivity contribution in [3.05, 3.63) is 29.3 Å². The molecule has 4 atom stereocenters. The van der Waals surface area contributed by atoms with Crippen LogP contribution in [0.1, 0.15) is 30.4 Å². The Morgan fingerprint density at radius 2 is 2.04 bits per heavy atom. The lowest BCUT2D eigenvalue weighted by Gasteiger charge is -2.27. The number of alkyl halides is 3. The number of carbonyl (C=O) groups excluding carboxylic acids is 1. The lowest BCUT2D eigenvalue weighted by molar-refractivity contribution is -0.138. The van der Waals surface area contributed by atoms with Gasteiger partial charge >= 0.3 is 6.18 Å². The summed E-state index contributed by atoms with van der Waals surface area (Å²) in [4.78, 5) is 12.4. The van der Waals surface area contributed by atoms with E-state index in [1.165, 1.54) is 19.2 Å². The molecule has 3 N–H and O–H groups in total. The third kappa shape index (κ3) is 3.09. The van der Waals surface area contributed by atoms with Crippen LogP contribution in [0.5, 0.6) is 5.75 Å². The Bertz CT molecular complexity index is 631. The normalized spacial score (nSPS) is 28.9. The number of nitrogens with two attached hydrogens (primary N) is 1. The molecule has 0 spiro atoms. The van der Waals surface area contributed by atoms with Crippen LogP contribution in [0.25, 0.3) is 0 Å². The molecule has 0 heterocycles. The maximum Gasteiger partial charge on any atom is 0.416 e. The van der Waals surface area contributed by atoms with Gasteiger partial charge in [-0.05, 0) is 48.8 Å². The fourth-order valence-electron chi connectivity index (χ4n) is 4.13. The molecule has 4 unspecified atom stereocenters. The first-order valence-corrected chi connectivity index (χ1v) is 8.08. The zero-order chi connectivity index (χ0) is 17.5. The lowest BCUT2D eigenvalue weighted by Crippen LogP contribution is -2.45. The Hall–Kier alpha value is -1.76. The molecule has 7 heteroatoms. The van der Waals surface area contributed by atoms with Gasteiger partial charge in [0.15, 0.2) is 0 Å². The summed E-state index contributed by atoms with van der Waals surface area (Å²) in [5.41, 5.74) is 5.34. The standard InChI is InChI=1S/C17H21F3N2O2/c1-24-12-5-4-11(13(7-12)17(18,19)20)8-22-16(23)14-9-2-3-10(6-9)15(14)21/h4-5,7,9-10,14-15H,2-3,6,8,21H2,1H3,(H,22,23). The topological polar surface area (TPSA) is 64.3 Å². The van der Waals surface area contributed by atoms with Gasteiger partial charge in [-0.2, -0.15) is 13.2 Å². The summed E-state index contributed by atoms with van der Waals surface area (Å²) in [6, 6.07) is 3.56. The van der Waals surface area contributed by atoms with E-state index in [4.69, 9.17) is 10.5 Å². The summed E-state index contributed by atoms with van der Waals surface area (Å²) in [6.45, 7) is -0.168. The number of carbonyl (C=O) groups is 1. The number of amides is 1. The summed E-state index contributed by atoms with van der Waals surface area (Å²) in [7, 11) is 1.31. The van der Waals surface area contributed by atoms with E-state index >= 15 is 0 Å². The monoisotopic (exact) mass is 342 g/mol. The number of halogens is 3. The van der Waals surface area contributed by atoms with Crippen LogP contribution in [0.4, 0.5) is 13.2 Å². The average Bonchev–Trinajstić information content (AvgIpc) is 3.12. The second-order valence-corrected chi connectivity index (χ2v) is 6.67. The van der Waals surface area contributed by atoms with Crippen molar-refractivity contribution in [3.63, 3.8) is 0 Å². The van der Waals surface area contributed by atoms with Crippen LogP contribution >= 0.6 is 0 Å². The molecular weight excluding hydrogens is 321 g/mol. The van der Waals surface area contributed by atoms with Crippen LogP contribution in [-0.4, -0.2) is 19.1 Å². The van der Waals surface area contributed by atoms with Crippen LogP contribution in [0.15, 0.2) is 18.2 Å². The predicted octanol–water partition coefficient (Wildman–Crippen LogP) is 2.70. The molecule has 1 aromatic carbocycles. The third-order valence-electron chi connectivity index (χ3n) is 5.36. The minimum absolute atomic E-state index is 0.0216. The summed E-state index contributed by atoms with van der Waals surface area (Å²) >= 11 is 0. The van der Waals surface area contributed by atoms with E-state index in [0.29, 0.717) is 5.92 Å². The number of rotatable bonds is 4. The largest absolute Gasteiger partial charge is 0.497 e. The van der Waals surface area contributed by atoms with Gasteiger partial charge in [-0.1, -0.05) is 6.07 Å². The van der Waals surface area contributed by atoms with Crippen molar-refractivity contribution < 1.29 is 22.7 Å². The zero-order valence-electron chi connectivity index (χ0n) is 13.4. The van der Waals surface area contributed by atoms with Crippen molar-refractivity contribution in [3.8, 4) is 5.75 Å². The highest BCUT2D eigenvalue weighted by Crippen LogP contribution is 2.47. The van der Waals surface area contributed by atoms with Crippen LogP contribution in [0.2, 0.25) is 0 Å². The molecule has 3 rings (SSSR count). The third-order valence-corrected chi connectivity index (χ3v) is 5.36. The Morgan fingerprint density at radius 1 is 1.33 bits per heavy atom. The molecule has 132 valence electrons. The van der Waals surface area contributed by atoms with Crippen LogP contribution in [-0.2, 0) is 17.5 Å². The Balaban J connectivity index is 1.71. The fourth-order valence-corrected chi connectivity index (χ4v) is 4.13. The van der Waals surface area contributed by atoms with E-state index < -0.39 is 11.7 Å². The molecule has 2 saturated carbocycles. The molecule has 0 saturated heterocycles. The van der Waals surface area contributed by atoms with Gasteiger partial charge in [0.2, 0.25) is 5.91 Å². The first kappa shape index (κ1) is 17.1. The quantitative estimate of drug-likeness (QED) is 0.884. The second kappa shape index (κ2) is 6.27. The molecule has 1 aromatic rings. The molecule has 2 aliphatic carbocycles. The SMILES string of the molecule is COc1ccc(CNC(=O)C2C3CCC(C3)C2N)c(C(F)(F)F)c1. The van der Waals surface area contributed by atoms with Gasteiger partial charge in [0.1, 0.15) is 5.75 Å². The van der Waals surface area contributed by atoms with Crippen molar-refractivity contribution >= 4 is 5.91 Å². The van der Waals surface area contributed by atoms with Crippen molar-refractivity contribution in [1.29, 1.82) is 0 Å². The smallest absolute Gasteiger partial charge is 0.416 e. The molecule has 4 nitrogen and oxygen atoms in total. The van der Waals surface area contributed by atoms with E-state index in [1.54, 1.807) is 0 Å². The number of nitrogens with one attached hydrogen (secondary N) is 1. The van der Waals surface area contributed by atoms with E-state index in [1.807, 2.05) is 0 Å². The average molecular weight is 342 g/mol. The second-order valence-electron chi connectivity index (χ2n) is 6.67. The van der Waals surface area contributed by atoms with Gasteiger partial charge < -0.3 is 15.8 Å². The molecule has 2 bridgehead atoms. The Labute approximate surface area is 138 Å². The maximum atomic E-state index is 13.2. The van der Waals surface area contributed by atoms with Crippen LogP contribution in [0, 0.1) is 17.8 Å². The summed E-state index contributed by atoms with van der Waals surface area (Å²) in [5.74, 6) is 0.253. The highest BCUT2D eigenvalue weighted by Gasteiger charge is 2.49. The number of hydrogen-bond acceptors (Lipinski definition) is 3. The van der Waals surface area contributed by atoms with Gasteiger partial charge in [0.05, 0.1) is 18.6 Å². The van der Waals surface area contributed by atoms with Crippen molar-refractivity contribution in [1.82, 2.24) is 5.32 Å². The highest BCUT2D eigenvalue weighted by molar-refractivity contribution is 5.80. The molecule has 0 radical (unpaired) electrons. The maximum absolute atomic E-state index is 13.2. The Kier molecular flexibility index (Phi) is 4.46. The predicted molar refractivity (Wildman–Crippen MR) is 82.1 cm³/mol. The van der Waals surface area contributed by atoms with E-state index in [2.05, 4.69) is 5.32 Å². The van der Waals surface area contributed by atoms with Gasteiger partial charge in [-0.25, -0.2) is 0 Å². The molecule has 24 heavy (non-hydrogen) atoms. The number of benzene rings is 1. The first-order valence-electron chi connectivity index (χ1n) is 8.08. The van der Waals surface area contributed by atoms with Gasteiger partial charge in [-0.3, -0.25) is 4.79 Å². The summed E-state index contributed by atoms with van der Waals surface area (Å²) in [6.07, 6.45) is -1.52. The number of methoxy groups -OCH3 is 1. The number of hydrogen-bond donors (Lipinski definition) is 2. The molecule has 2 fully saturated rings. The van der Waals surface area contributed by atoms with E-state index in [9.17, 15) is 18.0 Å². The molecule has 2 aliphatic rings. The fraction of sp³-hybridized carbons (Fsp3) is 0.588. The molecular formula is C17H21F3N2O2. The molecule has 0 aliphatic heterocycles. The minimum atomic E-state index is -4.50. The lowest BCUT2D eigenvalue weighted by atomic mass is 9.84. The number of fused-ring (bicyclic) bond motifs is 2. The number of ether oxygens (including phenoxy) is 1. The minimum Gasteiger partial charge on any atom is -0.497 e. The van der Waals surface area contributed by atoms with Crippen molar-refractivity contribution in [2.75, 3.05) is 7.11 Å². The zero-order valence-corrected chi connectivity index (χ0v) is 13.4. The van der Waals surface area contributed by atoms with Crippen LogP contribution < -0.4 is 15.8 Å². The van der Waals surface area contributed by atoms with Gasteiger partial charge in [-0.15, -0.1) is 0 Å². The molecule has 1 amide bonds. The van der Waals surface area contributed by atoms with Gasteiger partial charge in [0, 0.05) is 12.6 Å². The van der Waals surface area contributed by atoms with E-state index in [0.717, 1.165) is 25.3 Å². The summed E-state index contributed by atoms with van der Waals surface area (Å²) in [5, 5.41) is 2.65. The highest BCUT2D eigenvalue weighted by atomic mass is 19.4. The molecule has 0 aromatic heterocycles. The van der Waals surface area contributed by atoms with Crippen molar-refractivity contribution in [2.45, 2.75) is 38.0 Å². The summed E-state index contributed by atoms with van der Waals surface area (Å²) < 4.78 is 44.4.